The van der Waals surface area contributed by atoms with E-state index in [9.17, 15) is 4.79 Å². The van der Waals surface area contributed by atoms with Crippen molar-refractivity contribution in [2.24, 2.45) is 7.05 Å². The molecule has 0 amide bonds. The van der Waals surface area contributed by atoms with E-state index in [0.717, 1.165) is 22.2 Å². The Balaban J connectivity index is 1.86. The Hall–Kier alpha value is -3.37. The van der Waals surface area contributed by atoms with Crippen molar-refractivity contribution in [1.82, 2.24) is 14.1 Å². The molecule has 2 aromatic heterocycles. The van der Waals surface area contributed by atoms with Crippen molar-refractivity contribution in [3.05, 3.63) is 94.4 Å². The minimum absolute atomic E-state index is 0.101. The third-order valence-corrected chi connectivity index (χ3v) is 5.26. The van der Waals surface area contributed by atoms with Gasteiger partial charge in [-0.15, -0.1) is 0 Å². The summed E-state index contributed by atoms with van der Waals surface area (Å²) in [6.45, 7) is 0. The van der Waals surface area contributed by atoms with Gasteiger partial charge in [-0.25, -0.2) is 4.98 Å². The summed E-state index contributed by atoms with van der Waals surface area (Å²) >= 11 is 6.05. The number of benzene rings is 3. The minimum atomic E-state index is -0.101. The summed E-state index contributed by atoms with van der Waals surface area (Å²) in [7, 11) is 2.01. The summed E-state index contributed by atoms with van der Waals surface area (Å²) in [5, 5.41) is 2.31. The normalized spacial score (nSPS) is 11.4. The van der Waals surface area contributed by atoms with Gasteiger partial charge in [0.1, 0.15) is 5.82 Å². The highest BCUT2D eigenvalue weighted by Gasteiger charge is 2.15. The van der Waals surface area contributed by atoms with Crippen LogP contribution in [0.4, 0.5) is 0 Å². The van der Waals surface area contributed by atoms with Gasteiger partial charge in [-0.3, -0.25) is 9.36 Å². The molecule has 5 rings (SSSR count). The van der Waals surface area contributed by atoms with Gasteiger partial charge in [0.25, 0.3) is 5.56 Å². The van der Waals surface area contributed by atoms with Crippen molar-refractivity contribution in [2.75, 3.05) is 0 Å². The van der Waals surface area contributed by atoms with Crippen LogP contribution in [0, 0.1) is 0 Å². The van der Waals surface area contributed by atoms with Crippen LogP contribution in [0.1, 0.15) is 0 Å². The fourth-order valence-corrected chi connectivity index (χ4v) is 3.70. The molecule has 0 spiro atoms. The van der Waals surface area contributed by atoms with Crippen LogP contribution in [0.3, 0.4) is 0 Å². The number of fused-ring (bicyclic) bond motifs is 2. The van der Waals surface area contributed by atoms with Crippen LogP contribution >= 0.6 is 11.6 Å². The lowest BCUT2D eigenvalue weighted by molar-refractivity contribution is 0.967. The van der Waals surface area contributed by atoms with Crippen molar-refractivity contribution in [2.45, 2.75) is 0 Å². The van der Waals surface area contributed by atoms with Gasteiger partial charge >= 0.3 is 0 Å². The first-order valence-electron chi connectivity index (χ1n) is 8.95. The molecule has 0 aliphatic heterocycles. The van der Waals surface area contributed by atoms with Crippen LogP contribution in [0.25, 0.3) is 38.9 Å². The molecule has 0 aliphatic rings. The van der Waals surface area contributed by atoms with Crippen molar-refractivity contribution in [3.8, 4) is 17.1 Å². The van der Waals surface area contributed by atoms with Gasteiger partial charge in [0.15, 0.2) is 0 Å². The van der Waals surface area contributed by atoms with Gasteiger partial charge in [-0.2, -0.15) is 0 Å². The number of nitrogens with zero attached hydrogens (tertiary/aromatic N) is 3. The zero-order valence-electron chi connectivity index (χ0n) is 15.1. The molecule has 0 fully saturated rings. The predicted octanol–water partition coefficient (Wildman–Crippen LogP) is 5.20. The Bertz CT molecular complexity index is 1400. The summed E-state index contributed by atoms with van der Waals surface area (Å²) < 4.78 is 3.72. The monoisotopic (exact) mass is 385 g/mol. The molecule has 0 unspecified atom stereocenters. The van der Waals surface area contributed by atoms with Gasteiger partial charge in [0.2, 0.25) is 0 Å². The second-order valence-corrected chi connectivity index (χ2v) is 7.21. The van der Waals surface area contributed by atoms with Gasteiger partial charge in [0.05, 0.1) is 16.6 Å². The highest BCUT2D eigenvalue weighted by atomic mass is 35.5. The zero-order chi connectivity index (χ0) is 19.3. The van der Waals surface area contributed by atoms with Gasteiger partial charge in [0, 0.05) is 34.7 Å². The quantitative estimate of drug-likeness (QED) is 0.419. The van der Waals surface area contributed by atoms with Gasteiger partial charge in [-0.05, 0) is 60.7 Å². The molecule has 3 aromatic carbocycles. The van der Waals surface area contributed by atoms with E-state index in [1.807, 2.05) is 49.6 Å². The van der Waals surface area contributed by atoms with Crippen molar-refractivity contribution < 1.29 is 0 Å². The maximum atomic E-state index is 13.4. The predicted molar refractivity (Wildman–Crippen MR) is 114 cm³/mol. The molecule has 0 saturated carbocycles. The maximum Gasteiger partial charge on any atom is 0.266 e. The second-order valence-electron chi connectivity index (χ2n) is 6.77. The molecule has 28 heavy (non-hydrogen) atoms. The first kappa shape index (κ1) is 16.8. The average molecular weight is 386 g/mol. The number of para-hydroxylation sites is 1. The molecule has 4 nitrogen and oxygen atoms in total. The van der Waals surface area contributed by atoms with Crippen molar-refractivity contribution in [1.29, 1.82) is 0 Å². The molecular weight excluding hydrogens is 370 g/mol. The number of rotatable bonds is 2. The smallest absolute Gasteiger partial charge is 0.266 e. The van der Waals surface area contributed by atoms with Crippen molar-refractivity contribution in [3.63, 3.8) is 0 Å². The third kappa shape index (κ3) is 2.62. The molecule has 0 atom stereocenters. The molecule has 0 saturated heterocycles. The average Bonchev–Trinajstić information content (AvgIpc) is 3.09. The van der Waals surface area contributed by atoms with Gasteiger partial charge < -0.3 is 4.57 Å². The van der Waals surface area contributed by atoms with E-state index in [0.29, 0.717) is 21.7 Å². The Morgan fingerprint density at radius 2 is 1.71 bits per heavy atom. The summed E-state index contributed by atoms with van der Waals surface area (Å²) in [5.41, 5.74) is 3.33. The Morgan fingerprint density at radius 3 is 2.54 bits per heavy atom. The highest BCUT2D eigenvalue weighted by molar-refractivity contribution is 6.30. The van der Waals surface area contributed by atoms with E-state index in [1.54, 1.807) is 22.8 Å². The molecule has 0 bridgehead atoms. The molecular formula is C23H16ClN3O. The van der Waals surface area contributed by atoms with E-state index < -0.39 is 0 Å². The Morgan fingerprint density at radius 1 is 0.929 bits per heavy atom. The van der Waals surface area contributed by atoms with E-state index in [-0.39, 0.29) is 5.56 Å². The van der Waals surface area contributed by atoms with E-state index >= 15 is 0 Å². The third-order valence-electron chi connectivity index (χ3n) is 5.00. The molecule has 136 valence electrons. The number of halogens is 1. The first-order valence-corrected chi connectivity index (χ1v) is 9.33. The first-order chi connectivity index (χ1) is 13.6. The lowest BCUT2D eigenvalue weighted by Gasteiger charge is -2.14. The molecule has 0 aliphatic carbocycles. The number of aromatic nitrogens is 3. The molecule has 0 N–H and O–H groups in total. The van der Waals surface area contributed by atoms with Crippen molar-refractivity contribution >= 4 is 33.4 Å². The molecule has 5 aromatic rings. The van der Waals surface area contributed by atoms with Crippen LogP contribution in [0.2, 0.25) is 5.02 Å². The second kappa shape index (κ2) is 6.36. The number of aryl methyl sites for hydroxylation is 1. The lowest BCUT2D eigenvalue weighted by atomic mass is 10.1. The summed E-state index contributed by atoms with van der Waals surface area (Å²) in [6.07, 6.45) is 2.02. The fourth-order valence-electron chi connectivity index (χ4n) is 3.58. The van der Waals surface area contributed by atoms with E-state index in [2.05, 4.69) is 22.8 Å². The fraction of sp³-hybridized carbons (Fsp3) is 0.0435. The van der Waals surface area contributed by atoms with Crippen LogP contribution < -0.4 is 5.56 Å². The summed E-state index contributed by atoms with van der Waals surface area (Å²) in [6, 6.07) is 22.8. The lowest BCUT2D eigenvalue weighted by Crippen LogP contribution is -2.21. The standard InChI is InChI=1S/C23H16ClN3O/c1-26-13-12-15-14-16(6-11-21(15)26)22-25-20-5-3-2-4-19(20)23(28)27(22)18-9-7-17(24)8-10-18/h2-14H,1H3. The zero-order valence-corrected chi connectivity index (χ0v) is 15.9. The Kier molecular flexibility index (Phi) is 3.81. The van der Waals surface area contributed by atoms with Crippen LogP contribution in [0.5, 0.6) is 0 Å². The summed E-state index contributed by atoms with van der Waals surface area (Å²) in [4.78, 5) is 18.2. The molecule has 0 radical (unpaired) electrons. The number of hydrogen-bond donors (Lipinski definition) is 0. The maximum absolute atomic E-state index is 13.4. The Labute approximate surface area is 166 Å². The van der Waals surface area contributed by atoms with E-state index in [1.165, 1.54) is 0 Å². The number of hydrogen-bond acceptors (Lipinski definition) is 2. The van der Waals surface area contributed by atoms with Crippen LogP contribution in [-0.2, 0) is 7.05 Å². The molecule has 5 heteroatoms. The van der Waals surface area contributed by atoms with Crippen LogP contribution in [0.15, 0.2) is 83.8 Å². The largest absolute Gasteiger partial charge is 0.351 e. The van der Waals surface area contributed by atoms with Gasteiger partial charge in [-0.1, -0.05) is 23.7 Å². The summed E-state index contributed by atoms with van der Waals surface area (Å²) in [5.74, 6) is 0.608. The van der Waals surface area contributed by atoms with Crippen LogP contribution in [-0.4, -0.2) is 14.1 Å². The molecule has 2 heterocycles. The van der Waals surface area contributed by atoms with E-state index in [4.69, 9.17) is 16.6 Å². The SMILES string of the molecule is Cn1ccc2cc(-c3nc4ccccc4c(=O)n3-c3ccc(Cl)cc3)ccc21. The highest BCUT2D eigenvalue weighted by Crippen LogP contribution is 2.26. The minimum Gasteiger partial charge on any atom is -0.351 e. The topological polar surface area (TPSA) is 39.8 Å².